The van der Waals surface area contributed by atoms with Crippen LogP contribution in [0.3, 0.4) is 0 Å². The summed E-state index contributed by atoms with van der Waals surface area (Å²) in [4.78, 5) is 12.7. The molecule has 1 aliphatic heterocycles. The lowest BCUT2D eigenvalue weighted by Crippen LogP contribution is -2.43. The van der Waals surface area contributed by atoms with E-state index < -0.39 is 15.9 Å². The molecule has 1 aliphatic rings. The van der Waals surface area contributed by atoms with Gasteiger partial charge in [-0.3, -0.25) is 4.79 Å². The van der Waals surface area contributed by atoms with E-state index in [0.29, 0.717) is 30.8 Å². The minimum Gasteiger partial charge on any atom is -0.497 e. The van der Waals surface area contributed by atoms with Crippen LogP contribution in [0.1, 0.15) is 18.4 Å². The molecule has 0 bridgehead atoms. The van der Waals surface area contributed by atoms with E-state index in [-0.39, 0.29) is 23.1 Å². The van der Waals surface area contributed by atoms with Crippen LogP contribution in [0, 0.1) is 12.8 Å². The van der Waals surface area contributed by atoms with Gasteiger partial charge in [-0.25, -0.2) is 8.42 Å². The summed E-state index contributed by atoms with van der Waals surface area (Å²) in [6.07, 6.45) is 1.25. The van der Waals surface area contributed by atoms with Crippen LogP contribution in [0.25, 0.3) is 0 Å². The number of carbonyl (C=O) groups excluding carboxylic acids is 1. The second-order valence-electron chi connectivity index (χ2n) is 7.07. The Morgan fingerprint density at radius 1 is 1.10 bits per heavy atom. The number of piperidine rings is 1. The fraction of sp³-hybridized carbons (Fsp3) is 0.381. The number of aryl methyl sites for hydroxylation is 1. The van der Waals surface area contributed by atoms with Gasteiger partial charge in [-0.1, -0.05) is 17.7 Å². The van der Waals surface area contributed by atoms with Gasteiger partial charge in [-0.15, -0.1) is 0 Å². The minimum absolute atomic E-state index is 0.0407. The topological polar surface area (TPSA) is 84.9 Å². The first-order valence-corrected chi connectivity index (χ1v) is 10.9. The minimum atomic E-state index is -3.83. The average molecular weight is 419 g/mol. The first-order chi connectivity index (χ1) is 13.8. The van der Waals surface area contributed by atoms with E-state index in [9.17, 15) is 13.2 Å². The van der Waals surface area contributed by atoms with Crippen molar-refractivity contribution in [2.24, 2.45) is 5.92 Å². The highest BCUT2D eigenvalue weighted by Gasteiger charge is 2.35. The number of nitrogens with zero attached hydrogens (tertiary/aromatic N) is 1. The van der Waals surface area contributed by atoms with Crippen molar-refractivity contribution >= 4 is 21.6 Å². The van der Waals surface area contributed by atoms with Crippen LogP contribution < -0.4 is 14.8 Å². The smallest absolute Gasteiger partial charge is 0.246 e. The Kier molecular flexibility index (Phi) is 6.44. The summed E-state index contributed by atoms with van der Waals surface area (Å²) >= 11 is 0. The van der Waals surface area contributed by atoms with Crippen molar-refractivity contribution in [1.82, 2.24) is 4.31 Å². The predicted molar refractivity (Wildman–Crippen MR) is 111 cm³/mol. The maximum absolute atomic E-state index is 13.3. The Bertz CT molecular complexity index is 973. The first kappa shape index (κ1) is 21.1. The lowest BCUT2D eigenvalue weighted by molar-refractivity contribution is -0.120. The van der Waals surface area contributed by atoms with Gasteiger partial charge < -0.3 is 14.8 Å². The number of carbonyl (C=O) groups is 1. The molecule has 0 saturated carbocycles. The van der Waals surface area contributed by atoms with Crippen LogP contribution in [0.5, 0.6) is 11.5 Å². The van der Waals surface area contributed by atoms with Gasteiger partial charge >= 0.3 is 0 Å². The third-order valence-corrected chi connectivity index (χ3v) is 6.95. The zero-order chi connectivity index (χ0) is 21.0. The number of hydrogen-bond donors (Lipinski definition) is 1. The van der Waals surface area contributed by atoms with Gasteiger partial charge in [0.05, 0.1) is 20.1 Å². The molecule has 1 N–H and O–H groups in total. The number of methoxy groups -OCH3 is 2. The van der Waals surface area contributed by atoms with Crippen LogP contribution in [0.4, 0.5) is 5.69 Å². The number of anilines is 1. The Balaban J connectivity index is 1.79. The molecule has 0 spiro atoms. The van der Waals surface area contributed by atoms with E-state index >= 15 is 0 Å². The normalized spacial score (nSPS) is 17.6. The van der Waals surface area contributed by atoms with Gasteiger partial charge in [-0.05, 0) is 44.0 Å². The van der Waals surface area contributed by atoms with E-state index in [1.807, 2.05) is 31.2 Å². The molecule has 7 nitrogen and oxygen atoms in total. The van der Waals surface area contributed by atoms with E-state index in [1.54, 1.807) is 12.1 Å². The van der Waals surface area contributed by atoms with Crippen molar-refractivity contribution in [2.45, 2.75) is 24.7 Å². The molecule has 1 heterocycles. The summed E-state index contributed by atoms with van der Waals surface area (Å²) in [5, 5.41) is 2.89. The number of benzene rings is 2. The Morgan fingerprint density at radius 2 is 1.83 bits per heavy atom. The van der Waals surface area contributed by atoms with Crippen LogP contribution in [-0.2, 0) is 14.8 Å². The highest BCUT2D eigenvalue weighted by Crippen LogP contribution is 2.32. The van der Waals surface area contributed by atoms with Crippen molar-refractivity contribution in [1.29, 1.82) is 0 Å². The highest BCUT2D eigenvalue weighted by atomic mass is 32.2. The second kappa shape index (κ2) is 8.84. The van der Waals surface area contributed by atoms with Gasteiger partial charge in [0.2, 0.25) is 15.9 Å². The molecule has 0 radical (unpaired) electrons. The highest BCUT2D eigenvalue weighted by molar-refractivity contribution is 7.89. The van der Waals surface area contributed by atoms with Gasteiger partial charge in [0.1, 0.15) is 16.4 Å². The van der Waals surface area contributed by atoms with Crippen LogP contribution in [0.2, 0.25) is 0 Å². The van der Waals surface area contributed by atoms with Gasteiger partial charge in [-0.2, -0.15) is 4.31 Å². The zero-order valence-corrected chi connectivity index (χ0v) is 17.7. The fourth-order valence-corrected chi connectivity index (χ4v) is 5.08. The first-order valence-electron chi connectivity index (χ1n) is 9.45. The standard InChI is InChI=1S/C21H26N2O5S/c1-15-6-8-17(9-7-15)22-21(24)16-5-4-12-23(14-16)29(25,26)20-13-18(27-2)10-11-19(20)28-3/h6-11,13,16H,4-5,12,14H2,1-3H3,(H,22,24). The molecule has 1 saturated heterocycles. The van der Waals surface area contributed by atoms with Crippen LogP contribution in [0.15, 0.2) is 47.4 Å². The molecule has 2 aromatic rings. The monoisotopic (exact) mass is 418 g/mol. The Hall–Kier alpha value is -2.58. The van der Waals surface area contributed by atoms with E-state index in [0.717, 1.165) is 5.56 Å². The molecule has 1 atom stereocenters. The lowest BCUT2D eigenvalue weighted by atomic mass is 9.98. The molecule has 29 heavy (non-hydrogen) atoms. The summed E-state index contributed by atoms with van der Waals surface area (Å²) < 4.78 is 38.3. The van der Waals surface area contributed by atoms with Crippen molar-refractivity contribution < 1.29 is 22.7 Å². The quantitative estimate of drug-likeness (QED) is 0.779. The summed E-state index contributed by atoms with van der Waals surface area (Å²) in [6, 6.07) is 12.2. The van der Waals surface area contributed by atoms with Crippen molar-refractivity contribution in [3.63, 3.8) is 0 Å². The fourth-order valence-electron chi connectivity index (χ4n) is 3.38. The molecule has 1 amide bonds. The number of hydrogen-bond acceptors (Lipinski definition) is 5. The molecule has 1 fully saturated rings. The number of nitrogens with one attached hydrogen (secondary N) is 1. The third kappa shape index (κ3) is 4.71. The van der Waals surface area contributed by atoms with Crippen molar-refractivity contribution in [3.8, 4) is 11.5 Å². The number of sulfonamides is 1. The lowest BCUT2D eigenvalue weighted by Gasteiger charge is -2.31. The van der Waals surface area contributed by atoms with Crippen molar-refractivity contribution in [2.75, 3.05) is 32.6 Å². The maximum atomic E-state index is 13.3. The molecule has 1 unspecified atom stereocenters. The predicted octanol–water partition coefficient (Wildman–Crippen LogP) is 3.05. The third-order valence-electron chi connectivity index (χ3n) is 5.06. The van der Waals surface area contributed by atoms with Gasteiger partial charge in [0, 0.05) is 24.8 Å². The van der Waals surface area contributed by atoms with Crippen LogP contribution >= 0.6 is 0 Å². The van der Waals surface area contributed by atoms with E-state index in [4.69, 9.17) is 9.47 Å². The maximum Gasteiger partial charge on any atom is 0.246 e. The summed E-state index contributed by atoms with van der Waals surface area (Å²) in [5.74, 6) is 0.0786. The van der Waals surface area contributed by atoms with Crippen molar-refractivity contribution in [3.05, 3.63) is 48.0 Å². The molecular weight excluding hydrogens is 392 g/mol. The summed E-state index contributed by atoms with van der Waals surface area (Å²) in [7, 11) is -0.932. The SMILES string of the molecule is COc1ccc(OC)c(S(=O)(=O)N2CCCC(C(=O)Nc3ccc(C)cc3)C2)c1. The molecule has 0 aliphatic carbocycles. The van der Waals surface area contributed by atoms with Gasteiger partial charge in [0.25, 0.3) is 0 Å². The van der Waals surface area contributed by atoms with E-state index in [2.05, 4.69) is 5.32 Å². The van der Waals surface area contributed by atoms with Gasteiger partial charge in [0.15, 0.2) is 0 Å². The largest absolute Gasteiger partial charge is 0.497 e. The van der Waals surface area contributed by atoms with Crippen LogP contribution in [-0.4, -0.2) is 45.9 Å². The van der Waals surface area contributed by atoms with E-state index in [1.165, 1.54) is 24.6 Å². The molecule has 0 aromatic heterocycles. The molecular formula is C21H26N2O5S. The average Bonchev–Trinajstić information content (AvgIpc) is 2.74. The number of ether oxygens (including phenoxy) is 2. The molecule has 2 aromatic carbocycles. The Labute approximate surface area is 171 Å². The molecule has 8 heteroatoms. The Morgan fingerprint density at radius 3 is 2.48 bits per heavy atom. The molecule has 3 rings (SSSR count). The molecule has 156 valence electrons. The second-order valence-corrected chi connectivity index (χ2v) is 8.98. The number of amides is 1. The summed E-state index contributed by atoms with van der Waals surface area (Å²) in [5.41, 5.74) is 1.81. The zero-order valence-electron chi connectivity index (χ0n) is 16.8. The number of rotatable bonds is 6. The summed E-state index contributed by atoms with van der Waals surface area (Å²) in [6.45, 7) is 2.46.